The van der Waals surface area contributed by atoms with E-state index in [0.29, 0.717) is 6.54 Å². The molecule has 1 aromatic heterocycles. The summed E-state index contributed by atoms with van der Waals surface area (Å²) < 4.78 is 2.18. The van der Waals surface area contributed by atoms with Gasteiger partial charge in [0.05, 0.1) is 6.04 Å². The van der Waals surface area contributed by atoms with Crippen LogP contribution in [-0.2, 0) is 13.6 Å². The van der Waals surface area contributed by atoms with E-state index in [2.05, 4.69) is 111 Å². The maximum absolute atomic E-state index is 14.0. The molecule has 6 rings (SSSR count). The molecule has 4 aromatic rings. The molecular weight excluding hydrogens is 456 g/mol. The lowest BCUT2D eigenvalue weighted by Gasteiger charge is -2.45. The number of hydrogen-bond acceptors (Lipinski definition) is 3. The van der Waals surface area contributed by atoms with Crippen LogP contribution in [0.25, 0.3) is 0 Å². The van der Waals surface area contributed by atoms with Crippen LogP contribution in [0.1, 0.15) is 39.1 Å². The van der Waals surface area contributed by atoms with E-state index in [-0.39, 0.29) is 17.9 Å². The van der Waals surface area contributed by atoms with Gasteiger partial charge in [0.15, 0.2) is 0 Å². The standard InChI is InChI=1S/C32H34N4O/c1-33-18-10-17-30(33)31-29(24-34-19-21-35(22-20-34)26-13-6-3-7-14-26)27-15-8-9-16-28(27)32(37)36(31)23-25-11-4-2-5-12-25/h2-18,29,31H,19-24H2,1H3/t29-,31-/m1/s1. The predicted molar refractivity (Wildman–Crippen MR) is 149 cm³/mol. The molecule has 0 N–H and O–H groups in total. The third kappa shape index (κ3) is 4.67. The molecule has 3 aromatic carbocycles. The van der Waals surface area contributed by atoms with Crippen LogP contribution in [0.5, 0.6) is 0 Å². The number of piperazine rings is 1. The molecule has 1 saturated heterocycles. The quantitative estimate of drug-likeness (QED) is 0.366. The van der Waals surface area contributed by atoms with Gasteiger partial charge in [-0.25, -0.2) is 0 Å². The fourth-order valence-corrected chi connectivity index (χ4v) is 6.08. The van der Waals surface area contributed by atoms with E-state index in [9.17, 15) is 4.79 Å². The summed E-state index contributed by atoms with van der Waals surface area (Å²) in [5.74, 6) is 0.310. The SMILES string of the molecule is Cn1cccc1[C@H]1[C@H](CN2CCN(c3ccccc3)CC2)c2ccccc2C(=O)N1Cc1ccccc1. The van der Waals surface area contributed by atoms with Crippen LogP contribution in [0.4, 0.5) is 5.69 Å². The number of anilines is 1. The zero-order valence-corrected chi connectivity index (χ0v) is 21.4. The van der Waals surface area contributed by atoms with Crippen molar-refractivity contribution in [2.45, 2.75) is 18.5 Å². The number of rotatable bonds is 6. The van der Waals surface area contributed by atoms with Crippen molar-refractivity contribution < 1.29 is 4.79 Å². The van der Waals surface area contributed by atoms with Crippen LogP contribution in [0.15, 0.2) is 103 Å². The molecule has 37 heavy (non-hydrogen) atoms. The molecule has 2 atom stereocenters. The molecule has 0 unspecified atom stereocenters. The molecule has 188 valence electrons. The summed E-state index contributed by atoms with van der Waals surface area (Å²) in [5.41, 5.74) is 5.66. The molecule has 1 fully saturated rings. The van der Waals surface area contributed by atoms with Gasteiger partial charge >= 0.3 is 0 Å². The van der Waals surface area contributed by atoms with Crippen molar-refractivity contribution in [3.63, 3.8) is 0 Å². The molecule has 3 heterocycles. The zero-order valence-electron chi connectivity index (χ0n) is 21.4. The summed E-state index contributed by atoms with van der Waals surface area (Å²) in [6.45, 7) is 5.58. The molecule has 0 aliphatic carbocycles. The third-order valence-corrected chi connectivity index (χ3v) is 8.00. The van der Waals surface area contributed by atoms with E-state index in [0.717, 1.165) is 43.9 Å². The molecule has 5 heteroatoms. The van der Waals surface area contributed by atoms with Gasteiger partial charge in [0.2, 0.25) is 0 Å². The number of carbonyl (C=O) groups is 1. The van der Waals surface area contributed by atoms with Crippen molar-refractivity contribution in [2.75, 3.05) is 37.6 Å². The van der Waals surface area contributed by atoms with Gasteiger partial charge in [-0.1, -0.05) is 66.7 Å². The molecule has 2 aliphatic heterocycles. The molecule has 1 amide bonds. The van der Waals surface area contributed by atoms with Gasteiger partial charge in [0.1, 0.15) is 0 Å². The van der Waals surface area contributed by atoms with Crippen molar-refractivity contribution in [1.82, 2.24) is 14.4 Å². The second-order valence-corrected chi connectivity index (χ2v) is 10.2. The van der Waals surface area contributed by atoms with Gasteiger partial charge in [-0.15, -0.1) is 0 Å². The first-order valence-corrected chi connectivity index (χ1v) is 13.3. The van der Waals surface area contributed by atoms with Crippen LogP contribution >= 0.6 is 0 Å². The first-order chi connectivity index (χ1) is 18.2. The average molecular weight is 491 g/mol. The van der Waals surface area contributed by atoms with Crippen molar-refractivity contribution in [2.24, 2.45) is 7.05 Å². The average Bonchev–Trinajstić information content (AvgIpc) is 3.38. The third-order valence-electron chi connectivity index (χ3n) is 8.00. The number of carbonyl (C=O) groups excluding carboxylic acids is 1. The Kier molecular flexibility index (Phi) is 6.54. The fraction of sp³-hybridized carbons (Fsp3) is 0.281. The van der Waals surface area contributed by atoms with Crippen LogP contribution in [0.2, 0.25) is 0 Å². The summed E-state index contributed by atoms with van der Waals surface area (Å²) in [6.07, 6.45) is 2.09. The highest BCUT2D eigenvalue weighted by Crippen LogP contribution is 2.44. The summed E-state index contributed by atoms with van der Waals surface area (Å²) in [7, 11) is 2.09. The van der Waals surface area contributed by atoms with Crippen LogP contribution in [-0.4, -0.2) is 53.0 Å². The van der Waals surface area contributed by atoms with Crippen molar-refractivity contribution in [3.05, 3.63) is 126 Å². The van der Waals surface area contributed by atoms with Gasteiger partial charge < -0.3 is 14.4 Å². The summed E-state index contributed by atoms with van der Waals surface area (Å²) in [6, 6.07) is 33.6. The van der Waals surface area contributed by atoms with E-state index in [4.69, 9.17) is 0 Å². The Morgan fingerprint density at radius 2 is 1.43 bits per heavy atom. The van der Waals surface area contributed by atoms with E-state index in [1.807, 2.05) is 18.2 Å². The Balaban J connectivity index is 1.33. The Morgan fingerprint density at radius 3 is 2.14 bits per heavy atom. The Bertz CT molecular complexity index is 1340. The first-order valence-electron chi connectivity index (χ1n) is 13.3. The molecule has 0 saturated carbocycles. The van der Waals surface area contributed by atoms with Gasteiger partial charge in [0.25, 0.3) is 5.91 Å². The molecule has 0 bridgehead atoms. The Labute approximate surface area is 219 Å². The molecule has 0 spiro atoms. The summed E-state index contributed by atoms with van der Waals surface area (Å²) >= 11 is 0. The number of nitrogens with zero attached hydrogens (tertiary/aromatic N) is 4. The lowest BCUT2D eigenvalue weighted by Crippen LogP contribution is -2.50. The van der Waals surface area contributed by atoms with E-state index in [1.165, 1.54) is 16.9 Å². The van der Waals surface area contributed by atoms with Crippen molar-refractivity contribution in [1.29, 1.82) is 0 Å². The Morgan fingerprint density at radius 1 is 0.757 bits per heavy atom. The highest BCUT2D eigenvalue weighted by molar-refractivity contribution is 5.97. The monoisotopic (exact) mass is 490 g/mol. The fourth-order valence-electron chi connectivity index (χ4n) is 6.08. The van der Waals surface area contributed by atoms with Crippen LogP contribution in [0, 0.1) is 0 Å². The first kappa shape index (κ1) is 23.6. The van der Waals surface area contributed by atoms with Crippen LogP contribution < -0.4 is 4.90 Å². The van der Waals surface area contributed by atoms with Crippen molar-refractivity contribution >= 4 is 11.6 Å². The smallest absolute Gasteiger partial charge is 0.255 e. The minimum absolute atomic E-state index is 0.0326. The number of fused-ring (bicyclic) bond motifs is 1. The highest BCUT2D eigenvalue weighted by Gasteiger charge is 2.42. The number of para-hydroxylation sites is 1. The molecule has 5 nitrogen and oxygen atoms in total. The summed E-state index contributed by atoms with van der Waals surface area (Å²) in [5, 5.41) is 0. The summed E-state index contributed by atoms with van der Waals surface area (Å²) in [4.78, 5) is 21.1. The second-order valence-electron chi connectivity index (χ2n) is 10.2. The van der Waals surface area contributed by atoms with Gasteiger partial charge in [-0.05, 0) is 41.5 Å². The maximum atomic E-state index is 14.0. The van der Waals surface area contributed by atoms with E-state index in [1.54, 1.807) is 0 Å². The maximum Gasteiger partial charge on any atom is 0.255 e. The topological polar surface area (TPSA) is 31.7 Å². The van der Waals surface area contributed by atoms with Crippen molar-refractivity contribution in [3.8, 4) is 0 Å². The number of benzene rings is 3. The molecular formula is C32H34N4O. The number of amides is 1. The van der Waals surface area contributed by atoms with Gasteiger partial charge in [0, 0.05) is 75.4 Å². The number of aryl methyl sites for hydroxylation is 1. The zero-order chi connectivity index (χ0) is 25.2. The van der Waals surface area contributed by atoms with E-state index >= 15 is 0 Å². The Hall–Kier alpha value is -3.83. The number of aromatic nitrogens is 1. The minimum Gasteiger partial charge on any atom is -0.369 e. The van der Waals surface area contributed by atoms with E-state index < -0.39 is 0 Å². The second kappa shape index (κ2) is 10.3. The largest absolute Gasteiger partial charge is 0.369 e. The molecule has 2 aliphatic rings. The van der Waals surface area contributed by atoms with Crippen LogP contribution in [0.3, 0.4) is 0 Å². The predicted octanol–water partition coefficient (Wildman–Crippen LogP) is 5.33. The lowest BCUT2D eigenvalue weighted by atomic mass is 9.80. The molecule has 0 radical (unpaired) electrons. The van der Waals surface area contributed by atoms with Gasteiger partial charge in [-0.3, -0.25) is 9.69 Å². The number of hydrogen-bond donors (Lipinski definition) is 0. The highest BCUT2D eigenvalue weighted by atomic mass is 16.2. The minimum atomic E-state index is -0.0326. The normalized spacial score (nSPS) is 20.2. The van der Waals surface area contributed by atoms with Gasteiger partial charge in [-0.2, -0.15) is 0 Å². The lowest BCUT2D eigenvalue weighted by molar-refractivity contribution is 0.0543.